The van der Waals surface area contributed by atoms with Crippen LogP contribution in [0.4, 0.5) is 0 Å². The van der Waals surface area contributed by atoms with Crippen LogP contribution in [-0.2, 0) is 22.5 Å². The van der Waals surface area contributed by atoms with Gasteiger partial charge in [-0.15, -0.1) is 0 Å². The van der Waals surface area contributed by atoms with Gasteiger partial charge in [-0.05, 0) is 5.92 Å². The van der Waals surface area contributed by atoms with Crippen molar-refractivity contribution >= 4 is 5.97 Å². The van der Waals surface area contributed by atoms with Crippen molar-refractivity contribution < 1.29 is 19.2 Å². The number of carbonyl (C=O) groups is 1. The Morgan fingerprint density at radius 3 is 3.05 bits per heavy atom. The molecule has 0 saturated carbocycles. The van der Waals surface area contributed by atoms with Crippen LogP contribution in [0.15, 0.2) is 4.52 Å². The minimum Gasteiger partial charge on any atom is -0.481 e. The number of nitrogens with zero attached hydrogens (tertiary/aromatic N) is 3. The normalized spacial score (nSPS) is 20.4. The summed E-state index contributed by atoms with van der Waals surface area (Å²) in [5, 5.41) is 12.9. The van der Waals surface area contributed by atoms with Crippen molar-refractivity contribution in [1.82, 2.24) is 15.0 Å². The predicted octanol–water partition coefficient (Wildman–Crippen LogP) is 0.944. The summed E-state index contributed by atoms with van der Waals surface area (Å²) >= 11 is 0. The van der Waals surface area contributed by atoms with Crippen molar-refractivity contribution in [3.63, 3.8) is 0 Å². The van der Waals surface area contributed by atoms with Crippen molar-refractivity contribution in [2.24, 2.45) is 5.92 Å². The third kappa shape index (κ3) is 4.28. The van der Waals surface area contributed by atoms with Gasteiger partial charge in [0.1, 0.15) is 0 Å². The highest BCUT2D eigenvalue weighted by molar-refractivity contribution is 5.67. The van der Waals surface area contributed by atoms with Crippen LogP contribution in [-0.4, -0.2) is 51.9 Å². The van der Waals surface area contributed by atoms with Gasteiger partial charge in [0.05, 0.1) is 26.2 Å². The Labute approximate surface area is 117 Å². The molecule has 1 fully saturated rings. The third-order valence-corrected chi connectivity index (χ3v) is 3.20. The summed E-state index contributed by atoms with van der Waals surface area (Å²) in [6.07, 6.45) is 0.845. The van der Waals surface area contributed by atoms with Crippen LogP contribution in [0.1, 0.15) is 32.0 Å². The fraction of sp³-hybridized carbons (Fsp3) is 0.769. The maximum absolute atomic E-state index is 10.9. The number of rotatable bonds is 6. The van der Waals surface area contributed by atoms with E-state index in [-0.39, 0.29) is 12.5 Å². The average molecular weight is 283 g/mol. The van der Waals surface area contributed by atoms with Crippen molar-refractivity contribution in [2.45, 2.75) is 39.3 Å². The summed E-state index contributed by atoms with van der Waals surface area (Å²) in [5.41, 5.74) is 0. The summed E-state index contributed by atoms with van der Waals surface area (Å²) in [7, 11) is 0. The molecule has 1 aliphatic heterocycles. The van der Waals surface area contributed by atoms with Gasteiger partial charge in [-0.3, -0.25) is 9.69 Å². The van der Waals surface area contributed by atoms with E-state index in [1.165, 1.54) is 0 Å². The smallest absolute Gasteiger partial charge is 0.305 e. The fourth-order valence-corrected chi connectivity index (χ4v) is 2.26. The summed E-state index contributed by atoms with van der Waals surface area (Å²) in [5.74, 6) is 0.899. The monoisotopic (exact) mass is 283 g/mol. The summed E-state index contributed by atoms with van der Waals surface area (Å²) in [6.45, 7) is 6.39. The van der Waals surface area contributed by atoms with Crippen LogP contribution in [0.5, 0.6) is 0 Å². The SMILES string of the molecule is CC(C)Cc1noc(CN2CCOCC2CC(=O)O)n1. The van der Waals surface area contributed by atoms with Gasteiger partial charge in [-0.1, -0.05) is 19.0 Å². The Bertz CT molecular complexity index is 447. The number of hydrogen-bond acceptors (Lipinski definition) is 6. The molecule has 0 spiro atoms. The number of ether oxygens (including phenoxy) is 1. The van der Waals surface area contributed by atoms with Gasteiger partial charge in [-0.25, -0.2) is 0 Å². The van der Waals surface area contributed by atoms with E-state index in [0.29, 0.717) is 43.9 Å². The van der Waals surface area contributed by atoms with E-state index < -0.39 is 5.97 Å². The first-order chi connectivity index (χ1) is 9.54. The topological polar surface area (TPSA) is 88.7 Å². The van der Waals surface area contributed by atoms with Gasteiger partial charge in [0.25, 0.3) is 0 Å². The molecule has 0 aromatic carbocycles. The Morgan fingerprint density at radius 2 is 2.35 bits per heavy atom. The summed E-state index contributed by atoms with van der Waals surface area (Å²) in [4.78, 5) is 17.2. The van der Waals surface area contributed by atoms with Crippen LogP contribution < -0.4 is 0 Å². The number of carboxylic acid groups (broad SMARTS) is 1. The molecule has 20 heavy (non-hydrogen) atoms. The molecular formula is C13H21N3O4. The van der Waals surface area contributed by atoms with Crippen molar-refractivity contribution in [3.05, 3.63) is 11.7 Å². The molecule has 1 aromatic heterocycles. The van der Waals surface area contributed by atoms with Gasteiger partial charge < -0.3 is 14.4 Å². The lowest BCUT2D eigenvalue weighted by molar-refractivity contribution is -0.140. The van der Waals surface area contributed by atoms with E-state index in [0.717, 1.165) is 6.42 Å². The zero-order chi connectivity index (χ0) is 14.5. The second-order valence-corrected chi connectivity index (χ2v) is 5.50. The first kappa shape index (κ1) is 14.9. The Morgan fingerprint density at radius 1 is 1.55 bits per heavy atom. The second kappa shape index (κ2) is 6.81. The average Bonchev–Trinajstić information content (AvgIpc) is 2.77. The third-order valence-electron chi connectivity index (χ3n) is 3.20. The largest absolute Gasteiger partial charge is 0.481 e. The number of aliphatic carboxylic acids is 1. The maximum atomic E-state index is 10.9. The molecule has 0 radical (unpaired) electrons. The highest BCUT2D eigenvalue weighted by Crippen LogP contribution is 2.14. The summed E-state index contributed by atoms with van der Waals surface area (Å²) < 4.78 is 10.6. The van der Waals surface area contributed by atoms with Gasteiger partial charge in [0, 0.05) is 19.0 Å². The molecule has 1 unspecified atom stereocenters. The standard InChI is InChI=1S/C13H21N3O4/c1-9(2)5-11-14-12(20-15-11)7-16-3-4-19-8-10(16)6-13(17)18/h9-10H,3-8H2,1-2H3,(H,17,18). The highest BCUT2D eigenvalue weighted by Gasteiger charge is 2.26. The van der Waals surface area contributed by atoms with Crippen LogP contribution in [0, 0.1) is 5.92 Å². The lowest BCUT2D eigenvalue weighted by atomic mass is 10.1. The van der Waals surface area contributed by atoms with Crippen LogP contribution >= 0.6 is 0 Å². The van der Waals surface area contributed by atoms with Crippen molar-refractivity contribution in [1.29, 1.82) is 0 Å². The molecule has 1 saturated heterocycles. The first-order valence-electron chi connectivity index (χ1n) is 6.89. The van der Waals surface area contributed by atoms with Gasteiger partial charge in [-0.2, -0.15) is 4.98 Å². The zero-order valence-corrected chi connectivity index (χ0v) is 11.9. The molecule has 7 nitrogen and oxygen atoms in total. The maximum Gasteiger partial charge on any atom is 0.305 e. The fourth-order valence-electron chi connectivity index (χ4n) is 2.26. The highest BCUT2D eigenvalue weighted by atomic mass is 16.5. The van der Waals surface area contributed by atoms with Crippen LogP contribution in [0.2, 0.25) is 0 Å². The van der Waals surface area contributed by atoms with E-state index in [1.807, 2.05) is 4.90 Å². The first-order valence-corrected chi connectivity index (χ1v) is 6.89. The van der Waals surface area contributed by atoms with Crippen molar-refractivity contribution in [2.75, 3.05) is 19.8 Å². The molecule has 1 N–H and O–H groups in total. The number of carboxylic acids is 1. The molecule has 112 valence electrons. The molecule has 1 aliphatic rings. The molecule has 1 atom stereocenters. The molecule has 2 rings (SSSR count). The Kier molecular flexibility index (Phi) is 5.08. The zero-order valence-electron chi connectivity index (χ0n) is 11.9. The lowest BCUT2D eigenvalue weighted by Gasteiger charge is -2.33. The molecular weight excluding hydrogens is 262 g/mol. The van der Waals surface area contributed by atoms with Crippen LogP contribution in [0.3, 0.4) is 0 Å². The minimum absolute atomic E-state index is 0.0625. The van der Waals surface area contributed by atoms with Crippen LogP contribution in [0.25, 0.3) is 0 Å². The van der Waals surface area contributed by atoms with E-state index in [1.54, 1.807) is 0 Å². The molecule has 1 aromatic rings. The van der Waals surface area contributed by atoms with E-state index in [2.05, 4.69) is 24.0 Å². The molecule has 7 heteroatoms. The number of morpholine rings is 1. The molecule has 0 bridgehead atoms. The molecule has 2 heterocycles. The summed E-state index contributed by atoms with van der Waals surface area (Å²) in [6, 6.07) is -0.137. The number of hydrogen-bond donors (Lipinski definition) is 1. The lowest BCUT2D eigenvalue weighted by Crippen LogP contribution is -2.45. The minimum atomic E-state index is -0.823. The van der Waals surface area contributed by atoms with Gasteiger partial charge in [0.15, 0.2) is 5.82 Å². The molecule has 0 aliphatic carbocycles. The van der Waals surface area contributed by atoms with E-state index in [4.69, 9.17) is 14.4 Å². The predicted molar refractivity (Wildman–Crippen MR) is 70.1 cm³/mol. The Balaban J connectivity index is 1.95. The number of aromatic nitrogens is 2. The second-order valence-electron chi connectivity index (χ2n) is 5.50. The van der Waals surface area contributed by atoms with Gasteiger partial charge >= 0.3 is 5.97 Å². The van der Waals surface area contributed by atoms with E-state index >= 15 is 0 Å². The van der Waals surface area contributed by atoms with Gasteiger partial charge in [0.2, 0.25) is 5.89 Å². The van der Waals surface area contributed by atoms with E-state index in [9.17, 15) is 4.79 Å². The van der Waals surface area contributed by atoms with Crippen molar-refractivity contribution in [3.8, 4) is 0 Å². The quantitative estimate of drug-likeness (QED) is 0.831. The molecule has 0 amide bonds. The Hall–Kier alpha value is -1.47.